The van der Waals surface area contributed by atoms with Crippen molar-refractivity contribution in [2.45, 2.75) is 0 Å². The highest BCUT2D eigenvalue weighted by Crippen LogP contribution is 2.22. The molecule has 0 saturated heterocycles. The molecule has 0 heterocycles. The average Bonchev–Trinajstić information content (AvgIpc) is 2.24. The predicted octanol–water partition coefficient (Wildman–Crippen LogP) is -1.75. The molecule has 0 aliphatic heterocycles. The van der Waals surface area contributed by atoms with Crippen molar-refractivity contribution in [3.05, 3.63) is 0 Å². The van der Waals surface area contributed by atoms with E-state index >= 15 is 0 Å². The Bertz CT molecular complexity index is 362. The van der Waals surface area contributed by atoms with Gasteiger partial charge in [0.05, 0.1) is 56.4 Å². The summed E-state index contributed by atoms with van der Waals surface area (Å²) in [5, 5.41) is 17.9. The Balaban J connectivity index is -0.000000239. The summed E-state index contributed by atoms with van der Waals surface area (Å²) in [6, 6.07) is 0.537. The lowest BCUT2D eigenvalue weighted by Crippen LogP contribution is -2.28. The third kappa shape index (κ3) is 24.1. The van der Waals surface area contributed by atoms with Crippen molar-refractivity contribution < 1.29 is 37.9 Å². The molecule has 0 aromatic carbocycles. The topological polar surface area (TPSA) is 116 Å². The molecule has 0 aliphatic rings. The van der Waals surface area contributed by atoms with E-state index < -0.39 is 7.91 Å². The molecule has 0 unspecified atom stereocenters. The number of aliphatic hydroxyl groups is 2. The maximum absolute atomic E-state index is 10.1. The van der Waals surface area contributed by atoms with E-state index in [1.165, 1.54) is 0 Å². The molecule has 0 amide bonds. The lowest BCUT2D eigenvalue weighted by molar-refractivity contribution is -0.479. The Hall–Kier alpha value is -1.38. The van der Waals surface area contributed by atoms with Gasteiger partial charge in [0, 0.05) is 0 Å². The monoisotopic (exact) mass is 332 g/mol. The van der Waals surface area contributed by atoms with Gasteiger partial charge in [-0.15, -0.1) is 0 Å². The van der Waals surface area contributed by atoms with E-state index in [4.69, 9.17) is 24.6 Å². The maximum atomic E-state index is 10.1. The van der Waals surface area contributed by atoms with Gasteiger partial charge < -0.3 is 24.6 Å². The van der Waals surface area contributed by atoms with Crippen LogP contribution in [-0.2, 0) is 4.57 Å². The first-order chi connectivity index (χ1) is 9.11. The van der Waals surface area contributed by atoms with Crippen LogP contribution in [0.3, 0.4) is 0 Å². The summed E-state index contributed by atoms with van der Waals surface area (Å²) in [6.07, 6.45) is 0. The lowest BCUT2D eigenvalue weighted by atomic mass is 10.8. The van der Waals surface area contributed by atoms with Crippen LogP contribution in [0.25, 0.3) is 0 Å². The smallest absolute Gasteiger partial charge is 0.442 e. The fourth-order valence-corrected chi connectivity index (χ4v) is 0.800. The van der Waals surface area contributed by atoms with Gasteiger partial charge in [-0.1, -0.05) is 0 Å². The second-order valence-corrected chi connectivity index (χ2v) is 5.47. The van der Waals surface area contributed by atoms with Crippen molar-refractivity contribution in [1.29, 1.82) is 0 Å². The Morgan fingerprint density at radius 2 is 1.05 bits per heavy atom. The summed E-state index contributed by atoms with van der Waals surface area (Å²) in [5.41, 5.74) is 0. The zero-order valence-corrected chi connectivity index (χ0v) is 14.6. The number of aliphatic hydroxyl groups excluding tert-OH is 2. The number of hydrogen-bond acceptors (Lipinski definition) is 3. The van der Waals surface area contributed by atoms with Gasteiger partial charge in [-0.3, -0.25) is 0 Å². The molecule has 0 aromatic rings. The normalized spacial score (nSPS) is 9.29. The van der Waals surface area contributed by atoms with Crippen molar-refractivity contribution in [3.8, 4) is 0 Å². The summed E-state index contributed by atoms with van der Waals surface area (Å²) in [7, 11) is 8.66. The van der Waals surface area contributed by atoms with Gasteiger partial charge in [-0.25, -0.2) is 23.1 Å². The van der Waals surface area contributed by atoms with Gasteiger partial charge in [0.15, 0.2) is 0 Å². The number of amidine groups is 2. The molecule has 0 atom stereocenters. The first-order valence-corrected chi connectivity index (χ1v) is 7.07. The van der Waals surface area contributed by atoms with E-state index in [9.17, 15) is 4.20 Å². The largest absolute Gasteiger partial charge is 0.786 e. The second kappa shape index (κ2) is 11.3. The summed E-state index contributed by atoms with van der Waals surface area (Å²) in [5.74, 6) is 0. The van der Waals surface area contributed by atoms with Gasteiger partial charge in [-0.05, 0) is 0 Å². The van der Waals surface area contributed by atoms with Crippen LogP contribution in [0.1, 0.15) is 0 Å². The first kappa shape index (κ1) is 24.6. The third-order valence-corrected chi connectivity index (χ3v) is 1.60. The molecule has 9 nitrogen and oxygen atoms in total. The van der Waals surface area contributed by atoms with E-state index in [1.54, 1.807) is 75.3 Å². The maximum Gasteiger partial charge on any atom is 0.442 e. The van der Waals surface area contributed by atoms with Crippen molar-refractivity contribution >= 4 is 19.9 Å². The van der Waals surface area contributed by atoms with Crippen LogP contribution >= 0.6 is 7.91 Å². The molecule has 0 bridgehead atoms. The molecule has 128 valence electrons. The van der Waals surface area contributed by atoms with Gasteiger partial charge in [0.2, 0.25) is 0 Å². The van der Waals surface area contributed by atoms with E-state index in [-0.39, 0.29) is 12.0 Å². The minimum atomic E-state index is -5.64. The Labute approximate surface area is 125 Å². The zero-order valence-electron chi connectivity index (χ0n) is 13.7. The molecule has 0 aliphatic carbocycles. The summed E-state index contributed by atoms with van der Waals surface area (Å²) in [6.45, 7) is 0. The number of rotatable bonds is 0. The minimum absolute atomic E-state index is 0.269. The number of nitrogens with zero attached hydrogens (tertiary/aromatic N) is 4. The average molecular weight is 332 g/mol. The van der Waals surface area contributed by atoms with Crippen LogP contribution in [0.4, 0.5) is 4.20 Å². The standard InChI is InChI=1S/2C5H12N2O.FH2O3P/c2*1-6(2)5(8)7(3)4;1-5(2,3)4/h2*1-4H3;(H2,2,3,4). The van der Waals surface area contributed by atoms with Crippen molar-refractivity contribution in [2.24, 2.45) is 0 Å². The fourth-order valence-electron chi connectivity index (χ4n) is 0.800. The quantitative estimate of drug-likeness (QED) is 0.234. The van der Waals surface area contributed by atoms with Gasteiger partial charge in [0.1, 0.15) is 7.91 Å². The van der Waals surface area contributed by atoms with Crippen LogP contribution in [0.15, 0.2) is 0 Å². The molecule has 0 saturated carbocycles. The van der Waals surface area contributed by atoms with Crippen LogP contribution in [0, 0.1) is 0 Å². The molecular weight excluding hydrogens is 306 g/mol. The van der Waals surface area contributed by atoms with Crippen LogP contribution in [0.2, 0.25) is 0 Å². The van der Waals surface area contributed by atoms with Crippen LogP contribution in [0.5, 0.6) is 0 Å². The second-order valence-electron chi connectivity index (χ2n) is 4.61. The van der Waals surface area contributed by atoms with Crippen molar-refractivity contribution in [3.63, 3.8) is 0 Å². The molecule has 21 heavy (non-hydrogen) atoms. The zero-order chi connectivity index (χ0) is 18.0. The SMILES string of the molecule is CN(C)C(O)=[N+](C)C.CN(C)C(O)=[N+](C)C.O=P([O-])([O-])F. The van der Waals surface area contributed by atoms with Gasteiger partial charge in [-0.2, -0.15) is 0 Å². The lowest BCUT2D eigenvalue weighted by Gasteiger charge is -2.15. The third-order valence-electron chi connectivity index (χ3n) is 1.60. The molecule has 0 fully saturated rings. The summed E-state index contributed by atoms with van der Waals surface area (Å²) in [4.78, 5) is 20.2. The van der Waals surface area contributed by atoms with E-state index in [0.29, 0.717) is 0 Å². The Kier molecular flexibility index (Phi) is 13.2. The summed E-state index contributed by atoms with van der Waals surface area (Å²) < 4.78 is 21.8. The number of hydrogen-bond donors (Lipinski definition) is 2. The molecule has 0 spiro atoms. The summed E-state index contributed by atoms with van der Waals surface area (Å²) >= 11 is 0. The van der Waals surface area contributed by atoms with Crippen molar-refractivity contribution in [2.75, 3.05) is 56.4 Å². The molecule has 11 heteroatoms. The van der Waals surface area contributed by atoms with Crippen LogP contribution in [-0.4, -0.2) is 97.6 Å². The number of halogens is 1. The highest BCUT2D eigenvalue weighted by atomic mass is 31.2. The Morgan fingerprint density at radius 3 is 1.05 bits per heavy atom. The molecule has 0 rings (SSSR count). The van der Waals surface area contributed by atoms with Gasteiger partial charge in [0.25, 0.3) is 0 Å². The fraction of sp³-hybridized carbons (Fsp3) is 0.800. The molecule has 0 radical (unpaired) electrons. The highest BCUT2D eigenvalue weighted by Gasteiger charge is 2.05. The first-order valence-electron chi connectivity index (χ1n) is 5.64. The molecule has 2 N–H and O–H groups in total. The minimum Gasteiger partial charge on any atom is -0.786 e. The van der Waals surface area contributed by atoms with Gasteiger partial charge >= 0.3 is 12.0 Å². The van der Waals surface area contributed by atoms with Crippen LogP contribution < -0.4 is 9.79 Å². The predicted molar refractivity (Wildman–Crippen MR) is 75.6 cm³/mol. The van der Waals surface area contributed by atoms with E-state index in [1.807, 2.05) is 0 Å². The molecule has 0 aromatic heterocycles. The van der Waals surface area contributed by atoms with Crippen molar-refractivity contribution in [1.82, 2.24) is 9.80 Å². The Morgan fingerprint density at radius 1 is 0.905 bits per heavy atom. The van der Waals surface area contributed by atoms with E-state index in [2.05, 4.69) is 0 Å². The highest BCUT2D eigenvalue weighted by molar-refractivity contribution is 7.42. The van der Waals surface area contributed by atoms with E-state index in [0.717, 1.165) is 0 Å². The molecular formula is C10H26FN4O5P.